The summed E-state index contributed by atoms with van der Waals surface area (Å²) in [6, 6.07) is 0. The largest absolute Gasteiger partial charge is 0.311 e. The summed E-state index contributed by atoms with van der Waals surface area (Å²) in [7, 11) is 0. The minimum Gasteiger partial charge on any atom is -0.311 e. The fourth-order valence-electron chi connectivity index (χ4n) is 0.793. The first-order chi connectivity index (χ1) is 5.34. The molecule has 0 aliphatic rings. The lowest BCUT2D eigenvalue weighted by Crippen LogP contribution is -2.14. The SMILES string of the molecule is CCCNCc1nonc1C. The number of hydrogen-bond donors (Lipinski definition) is 1. The van der Waals surface area contributed by atoms with Gasteiger partial charge in [-0.3, -0.25) is 0 Å². The van der Waals surface area contributed by atoms with Gasteiger partial charge in [0, 0.05) is 6.54 Å². The van der Waals surface area contributed by atoms with Crippen LogP contribution in [0.1, 0.15) is 24.7 Å². The summed E-state index contributed by atoms with van der Waals surface area (Å²) >= 11 is 0. The Kier molecular flexibility index (Phi) is 3.04. The molecule has 4 nitrogen and oxygen atoms in total. The van der Waals surface area contributed by atoms with Gasteiger partial charge in [0.05, 0.1) is 0 Å². The fraction of sp³-hybridized carbons (Fsp3) is 0.714. The van der Waals surface area contributed by atoms with E-state index in [-0.39, 0.29) is 0 Å². The topological polar surface area (TPSA) is 51.0 Å². The molecule has 0 aliphatic heterocycles. The Bertz CT molecular complexity index is 209. The Hall–Kier alpha value is -0.900. The number of nitrogens with zero attached hydrogens (tertiary/aromatic N) is 2. The average molecular weight is 155 g/mol. The summed E-state index contributed by atoms with van der Waals surface area (Å²) in [5.41, 5.74) is 1.77. The van der Waals surface area contributed by atoms with E-state index in [1.807, 2.05) is 6.92 Å². The van der Waals surface area contributed by atoms with Gasteiger partial charge in [-0.1, -0.05) is 17.2 Å². The molecule has 0 amide bonds. The second kappa shape index (κ2) is 4.08. The maximum absolute atomic E-state index is 4.54. The number of rotatable bonds is 4. The van der Waals surface area contributed by atoms with Crippen molar-refractivity contribution in [3.05, 3.63) is 11.4 Å². The van der Waals surface area contributed by atoms with Gasteiger partial charge in [0.2, 0.25) is 0 Å². The van der Waals surface area contributed by atoms with Crippen LogP contribution < -0.4 is 5.32 Å². The van der Waals surface area contributed by atoms with Crippen molar-refractivity contribution in [2.75, 3.05) is 6.54 Å². The molecule has 0 radical (unpaired) electrons. The summed E-state index contributed by atoms with van der Waals surface area (Å²) in [5, 5.41) is 10.6. The molecule has 0 fully saturated rings. The highest BCUT2D eigenvalue weighted by molar-refractivity contribution is 5.03. The molecule has 1 heterocycles. The summed E-state index contributed by atoms with van der Waals surface area (Å²) in [6.07, 6.45) is 1.13. The zero-order valence-corrected chi connectivity index (χ0v) is 6.92. The number of nitrogens with one attached hydrogen (secondary N) is 1. The average Bonchev–Trinajstić information content (AvgIpc) is 2.37. The standard InChI is InChI=1S/C7H13N3O/c1-3-4-8-5-7-6(2)9-11-10-7/h8H,3-5H2,1-2H3. The highest BCUT2D eigenvalue weighted by Crippen LogP contribution is 1.98. The molecule has 1 rings (SSSR count). The van der Waals surface area contributed by atoms with Crippen molar-refractivity contribution in [3.63, 3.8) is 0 Å². The van der Waals surface area contributed by atoms with Crippen LogP contribution in [0.2, 0.25) is 0 Å². The van der Waals surface area contributed by atoms with Gasteiger partial charge in [-0.25, -0.2) is 4.63 Å². The maximum Gasteiger partial charge on any atom is 0.121 e. The molecule has 0 saturated heterocycles. The molecular weight excluding hydrogens is 142 g/mol. The third-order valence-electron chi connectivity index (χ3n) is 1.47. The van der Waals surface area contributed by atoms with Crippen molar-refractivity contribution < 1.29 is 4.63 Å². The highest BCUT2D eigenvalue weighted by Gasteiger charge is 2.02. The van der Waals surface area contributed by atoms with Crippen molar-refractivity contribution in [1.82, 2.24) is 15.6 Å². The van der Waals surface area contributed by atoms with Crippen LogP contribution in [0, 0.1) is 6.92 Å². The van der Waals surface area contributed by atoms with Gasteiger partial charge < -0.3 is 5.32 Å². The van der Waals surface area contributed by atoms with Gasteiger partial charge in [0.15, 0.2) is 0 Å². The lowest BCUT2D eigenvalue weighted by Gasteiger charge is -1.97. The molecule has 0 saturated carbocycles. The second-order valence-electron chi connectivity index (χ2n) is 2.47. The summed E-state index contributed by atoms with van der Waals surface area (Å²) in [4.78, 5) is 0. The Balaban J connectivity index is 2.32. The molecular formula is C7H13N3O. The molecule has 11 heavy (non-hydrogen) atoms. The third kappa shape index (κ3) is 2.31. The van der Waals surface area contributed by atoms with Crippen molar-refractivity contribution in [2.45, 2.75) is 26.8 Å². The maximum atomic E-state index is 4.54. The zero-order chi connectivity index (χ0) is 8.10. The Morgan fingerprint density at radius 2 is 2.27 bits per heavy atom. The van der Waals surface area contributed by atoms with Crippen LogP contribution in [0.25, 0.3) is 0 Å². The minimum absolute atomic E-state index is 0.753. The highest BCUT2D eigenvalue weighted by atomic mass is 16.6. The first-order valence-corrected chi connectivity index (χ1v) is 3.83. The fourth-order valence-corrected chi connectivity index (χ4v) is 0.793. The van der Waals surface area contributed by atoms with E-state index in [1.54, 1.807) is 0 Å². The summed E-state index contributed by atoms with van der Waals surface area (Å²) in [6.45, 7) is 5.77. The summed E-state index contributed by atoms with van der Waals surface area (Å²) < 4.78 is 4.54. The molecule has 0 atom stereocenters. The Labute approximate surface area is 65.9 Å². The molecule has 1 aromatic rings. The van der Waals surface area contributed by atoms with Gasteiger partial charge in [-0.15, -0.1) is 0 Å². The molecule has 4 heteroatoms. The van der Waals surface area contributed by atoms with Crippen molar-refractivity contribution in [2.24, 2.45) is 0 Å². The van der Waals surface area contributed by atoms with Crippen LogP contribution >= 0.6 is 0 Å². The molecule has 0 aliphatic carbocycles. The Morgan fingerprint density at radius 3 is 2.82 bits per heavy atom. The summed E-state index contributed by atoms with van der Waals surface area (Å²) in [5.74, 6) is 0. The number of aromatic nitrogens is 2. The van der Waals surface area contributed by atoms with E-state index < -0.39 is 0 Å². The molecule has 0 spiro atoms. The molecule has 0 unspecified atom stereocenters. The third-order valence-corrected chi connectivity index (χ3v) is 1.47. The molecule has 1 aromatic heterocycles. The van der Waals surface area contributed by atoms with Crippen LogP contribution in [0.15, 0.2) is 4.63 Å². The first kappa shape index (κ1) is 8.20. The van der Waals surface area contributed by atoms with E-state index in [9.17, 15) is 0 Å². The van der Waals surface area contributed by atoms with Gasteiger partial charge in [0.1, 0.15) is 11.4 Å². The smallest absolute Gasteiger partial charge is 0.121 e. The predicted octanol–water partition coefficient (Wildman–Crippen LogP) is 0.878. The van der Waals surface area contributed by atoms with Crippen molar-refractivity contribution in [1.29, 1.82) is 0 Å². The lowest BCUT2D eigenvalue weighted by atomic mass is 10.3. The second-order valence-corrected chi connectivity index (χ2v) is 2.47. The van der Waals surface area contributed by atoms with Crippen LogP contribution in [0.5, 0.6) is 0 Å². The molecule has 62 valence electrons. The van der Waals surface area contributed by atoms with E-state index in [0.29, 0.717) is 0 Å². The van der Waals surface area contributed by atoms with E-state index in [0.717, 1.165) is 30.9 Å². The molecule has 0 aromatic carbocycles. The number of aryl methyl sites for hydroxylation is 1. The van der Waals surface area contributed by atoms with Crippen LogP contribution in [0.4, 0.5) is 0 Å². The van der Waals surface area contributed by atoms with Crippen LogP contribution in [0.3, 0.4) is 0 Å². The lowest BCUT2D eigenvalue weighted by molar-refractivity contribution is 0.300. The van der Waals surface area contributed by atoms with Crippen LogP contribution in [-0.4, -0.2) is 16.9 Å². The first-order valence-electron chi connectivity index (χ1n) is 3.83. The normalized spacial score (nSPS) is 10.4. The quantitative estimate of drug-likeness (QED) is 0.656. The van der Waals surface area contributed by atoms with E-state index in [2.05, 4.69) is 27.2 Å². The van der Waals surface area contributed by atoms with Gasteiger partial charge in [-0.2, -0.15) is 0 Å². The predicted molar refractivity (Wildman–Crippen MR) is 41.0 cm³/mol. The van der Waals surface area contributed by atoms with Gasteiger partial charge in [-0.05, 0) is 19.9 Å². The van der Waals surface area contributed by atoms with Gasteiger partial charge in [0.25, 0.3) is 0 Å². The zero-order valence-electron chi connectivity index (χ0n) is 6.92. The minimum atomic E-state index is 0.753. The van der Waals surface area contributed by atoms with Gasteiger partial charge >= 0.3 is 0 Å². The Morgan fingerprint density at radius 1 is 1.45 bits per heavy atom. The van der Waals surface area contributed by atoms with E-state index >= 15 is 0 Å². The van der Waals surface area contributed by atoms with Crippen molar-refractivity contribution >= 4 is 0 Å². The monoisotopic (exact) mass is 155 g/mol. The van der Waals surface area contributed by atoms with Crippen LogP contribution in [-0.2, 0) is 6.54 Å². The number of hydrogen-bond acceptors (Lipinski definition) is 4. The molecule has 1 N–H and O–H groups in total. The molecule has 0 bridgehead atoms. The van der Waals surface area contributed by atoms with E-state index in [1.165, 1.54) is 0 Å². The van der Waals surface area contributed by atoms with Crippen molar-refractivity contribution in [3.8, 4) is 0 Å². The van der Waals surface area contributed by atoms with E-state index in [4.69, 9.17) is 0 Å².